The fourth-order valence-corrected chi connectivity index (χ4v) is 5.00. The molecular weight excluding hydrogens is 448 g/mol. The van der Waals surface area contributed by atoms with E-state index in [0.717, 1.165) is 11.3 Å². The highest BCUT2D eigenvalue weighted by Crippen LogP contribution is 2.53. The van der Waals surface area contributed by atoms with Crippen LogP contribution < -0.4 is 15.4 Å². The van der Waals surface area contributed by atoms with Crippen molar-refractivity contribution in [3.8, 4) is 17.6 Å². The molecule has 1 fully saturated rings. The standard InChI is InChI=1S/C25H30N6O4/c1-14-24(2,23(34)27-5)19(32)20(33)25(14,3)31-13-28-18-21(26-4)29-17(30-22(18)31)12-9-15-7-10-16(35-6)11-8-15/h7-8,10-11,13-14,19-20,32-33H,1-6H3,(H,27,34)(H,26,29,30)/t14-,19-,20+,24?,25-/m0/s1. The van der Waals surface area contributed by atoms with Crippen LogP contribution in [0.15, 0.2) is 30.6 Å². The van der Waals surface area contributed by atoms with Crippen molar-refractivity contribution in [2.75, 3.05) is 26.5 Å². The number of ether oxygens (including phenoxy) is 1. The molecule has 2 heterocycles. The smallest absolute Gasteiger partial charge is 0.228 e. The minimum absolute atomic E-state index is 0.262. The summed E-state index contributed by atoms with van der Waals surface area (Å²) in [6, 6.07) is 7.32. The Kier molecular flexibility index (Phi) is 6.17. The largest absolute Gasteiger partial charge is 0.497 e. The molecule has 1 saturated carbocycles. The first kappa shape index (κ1) is 24.4. The zero-order valence-corrected chi connectivity index (χ0v) is 20.6. The Morgan fingerprint density at radius 3 is 2.40 bits per heavy atom. The Bertz CT molecular complexity index is 1330. The summed E-state index contributed by atoms with van der Waals surface area (Å²) in [4.78, 5) is 26.4. The van der Waals surface area contributed by atoms with Gasteiger partial charge in [0.2, 0.25) is 11.7 Å². The van der Waals surface area contributed by atoms with Crippen LogP contribution in [0, 0.1) is 23.2 Å². The number of anilines is 1. The minimum Gasteiger partial charge on any atom is -0.497 e. The van der Waals surface area contributed by atoms with Crippen molar-refractivity contribution >= 4 is 22.9 Å². The van der Waals surface area contributed by atoms with Gasteiger partial charge in [-0.2, -0.15) is 0 Å². The number of hydrogen-bond donors (Lipinski definition) is 4. The molecule has 0 aliphatic heterocycles. The fraction of sp³-hybridized carbons (Fsp3) is 0.440. The molecule has 5 atom stereocenters. The van der Waals surface area contributed by atoms with Crippen LogP contribution in [0.2, 0.25) is 0 Å². The summed E-state index contributed by atoms with van der Waals surface area (Å²) in [5, 5.41) is 27.8. The van der Waals surface area contributed by atoms with Crippen LogP contribution in [0.5, 0.6) is 5.75 Å². The van der Waals surface area contributed by atoms with Crippen LogP contribution in [0.3, 0.4) is 0 Å². The van der Waals surface area contributed by atoms with E-state index in [1.807, 2.05) is 31.2 Å². The number of carbonyl (C=O) groups excluding carboxylic acids is 1. The highest BCUT2D eigenvalue weighted by atomic mass is 16.5. The number of benzene rings is 1. The zero-order chi connectivity index (χ0) is 25.5. The van der Waals surface area contributed by atoms with Crippen molar-refractivity contribution in [2.45, 2.75) is 38.5 Å². The Labute approximate surface area is 203 Å². The molecule has 3 aromatic rings. The van der Waals surface area contributed by atoms with Gasteiger partial charge in [0.05, 0.1) is 30.5 Å². The van der Waals surface area contributed by atoms with E-state index in [1.54, 1.807) is 38.9 Å². The molecule has 1 aromatic carbocycles. The molecule has 10 nitrogen and oxygen atoms in total. The average Bonchev–Trinajstić information content (AvgIpc) is 3.37. The summed E-state index contributed by atoms with van der Waals surface area (Å²) in [5.41, 5.74) is -0.619. The monoisotopic (exact) mass is 478 g/mol. The Balaban J connectivity index is 1.84. The highest BCUT2D eigenvalue weighted by molar-refractivity contribution is 5.85. The molecule has 2 aromatic heterocycles. The molecule has 0 saturated heterocycles. The van der Waals surface area contributed by atoms with Gasteiger partial charge in [0, 0.05) is 19.7 Å². The molecule has 0 radical (unpaired) electrons. The predicted octanol–water partition coefficient (Wildman–Crippen LogP) is 1.12. The van der Waals surface area contributed by atoms with Gasteiger partial charge in [-0.15, -0.1) is 0 Å². The third kappa shape index (κ3) is 3.59. The van der Waals surface area contributed by atoms with Crippen LogP contribution in [0.25, 0.3) is 11.2 Å². The number of hydrogen-bond acceptors (Lipinski definition) is 8. The lowest BCUT2D eigenvalue weighted by molar-refractivity contribution is -0.139. The van der Waals surface area contributed by atoms with Gasteiger partial charge < -0.3 is 30.2 Å². The Morgan fingerprint density at radius 1 is 1.11 bits per heavy atom. The van der Waals surface area contributed by atoms with Gasteiger partial charge in [-0.3, -0.25) is 4.79 Å². The van der Waals surface area contributed by atoms with Gasteiger partial charge in [0.1, 0.15) is 11.9 Å². The summed E-state index contributed by atoms with van der Waals surface area (Å²) in [6.45, 7) is 5.30. The molecule has 0 bridgehead atoms. The minimum atomic E-state index is -1.29. The number of aromatic nitrogens is 4. The van der Waals surface area contributed by atoms with Gasteiger partial charge >= 0.3 is 0 Å². The first-order valence-electron chi connectivity index (χ1n) is 11.3. The third-order valence-corrected chi connectivity index (χ3v) is 7.57. The fourth-order valence-electron chi connectivity index (χ4n) is 5.00. The van der Waals surface area contributed by atoms with E-state index in [0.29, 0.717) is 17.0 Å². The topological polar surface area (TPSA) is 134 Å². The SMILES string of the molecule is CNC(=O)C1(C)[C@@H](O)[C@@H](O)[C@@](C)(n2cnc3c(NC)nc(C#Cc4ccc(OC)cc4)nc32)[C@H]1C. The molecule has 35 heavy (non-hydrogen) atoms. The molecule has 1 unspecified atom stereocenters. The first-order chi connectivity index (χ1) is 16.6. The maximum absolute atomic E-state index is 12.8. The van der Waals surface area contributed by atoms with Crippen LogP contribution in [0.4, 0.5) is 5.82 Å². The van der Waals surface area contributed by atoms with E-state index < -0.39 is 29.1 Å². The van der Waals surface area contributed by atoms with Crippen LogP contribution in [0.1, 0.15) is 32.2 Å². The third-order valence-electron chi connectivity index (χ3n) is 7.57. The molecular formula is C25H30N6O4. The number of carbonyl (C=O) groups is 1. The normalized spacial score (nSPS) is 27.8. The Hall–Kier alpha value is -3.68. The van der Waals surface area contributed by atoms with Crippen molar-refractivity contribution in [1.82, 2.24) is 24.8 Å². The van der Waals surface area contributed by atoms with Crippen molar-refractivity contribution < 1.29 is 19.7 Å². The number of nitrogens with one attached hydrogen (secondary N) is 2. The number of imidazole rings is 1. The molecule has 0 spiro atoms. The average molecular weight is 479 g/mol. The van der Waals surface area contributed by atoms with Crippen LogP contribution in [-0.4, -0.2) is 69.1 Å². The van der Waals surface area contributed by atoms with Gasteiger partial charge in [0.15, 0.2) is 17.0 Å². The van der Waals surface area contributed by atoms with Gasteiger partial charge in [-0.1, -0.05) is 12.8 Å². The highest BCUT2D eigenvalue weighted by Gasteiger charge is 2.65. The second kappa shape index (κ2) is 8.83. The summed E-state index contributed by atoms with van der Waals surface area (Å²) < 4.78 is 6.90. The molecule has 1 aliphatic rings. The second-order valence-corrected chi connectivity index (χ2v) is 9.11. The van der Waals surface area contributed by atoms with Gasteiger partial charge in [-0.25, -0.2) is 15.0 Å². The lowest BCUT2D eigenvalue weighted by atomic mass is 9.74. The van der Waals surface area contributed by atoms with Crippen LogP contribution in [-0.2, 0) is 10.3 Å². The number of rotatable bonds is 4. The van der Waals surface area contributed by atoms with Crippen LogP contribution >= 0.6 is 0 Å². The van der Waals surface area contributed by atoms with Crippen molar-refractivity contribution in [3.05, 3.63) is 42.0 Å². The molecule has 10 heteroatoms. The molecule has 1 aliphatic carbocycles. The zero-order valence-electron chi connectivity index (χ0n) is 20.6. The summed E-state index contributed by atoms with van der Waals surface area (Å²) >= 11 is 0. The van der Waals surface area contributed by atoms with E-state index in [4.69, 9.17) is 4.74 Å². The van der Waals surface area contributed by atoms with E-state index in [9.17, 15) is 15.0 Å². The number of fused-ring (bicyclic) bond motifs is 1. The molecule has 4 N–H and O–H groups in total. The van der Waals surface area contributed by atoms with Crippen molar-refractivity contribution in [2.24, 2.45) is 11.3 Å². The maximum atomic E-state index is 12.8. The lowest BCUT2D eigenvalue weighted by Crippen LogP contribution is -2.48. The van der Waals surface area contributed by atoms with Crippen molar-refractivity contribution in [1.29, 1.82) is 0 Å². The van der Waals surface area contributed by atoms with E-state index >= 15 is 0 Å². The predicted molar refractivity (Wildman–Crippen MR) is 131 cm³/mol. The van der Waals surface area contributed by atoms with E-state index in [2.05, 4.69) is 37.4 Å². The van der Waals surface area contributed by atoms with Gasteiger partial charge in [-0.05, 0) is 50.0 Å². The Morgan fingerprint density at radius 2 is 1.80 bits per heavy atom. The number of methoxy groups -OCH3 is 1. The van der Waals surface area contributed by atoms with E-state index in [1.165, 1.54) is 7.05 Å². The van der Waals surface area contributed by atoms with Crippen molar-refractivity contribution in [3.63, 3.8) is 0 Å². The second-order valence-electron chi connectivity index (χ2n) is 9.11. The quantitative estimate of drug-likeness (QED) is 0.410. The lowest BCUT2D eigenvalue weighted by Gasteiger charge is -2.37. The summed E-state index contributed by atoms with van der Waals surface area (Å²) in [5.74, 6) is 6.69. The number of aliphatic hydroxyl groups excluding tert-OH is 2. The first-order valence-corrected chi connectivity index (χ1v) is 11.3. The molecule has 4 rings (SSSR count). The van der Waals surface area contributed by atoms with E-state index in [-0.39, 0.29) is 11.7 Å². The maximum Gasteiger partial charge on any atom is 0.228 e. The number of amides is 1. The summed E-state index contributed by atoms with van der Waals surface area (Å²) in [7, 11) is 4.84. The molecule has 1 amide bonds. The molecule has 184 valence electrons. The number of nitrogens with zero attached hydrogens (tertiary/aromatic N) is 4. The van der Waals surface area contributed by atoms with Gasteiger partial charge in [0.25, 0.3) is 0 Å². The number of aliphatic hydroxyl groups is 2. The summed E-state index contributed by atoms with van der Waals surface area (Å²) in [6.07, 6.45) is -0.984.